The maximum atomic E-state index is 11.8. The Balaban J connectivity index is 1.86. The van der Waals surface area contributed by atoms with E-state index in [1.807, 2.05) is 30.3 Å². The minimum atomic E-state index is -1.17. The maximum absolute atomic E-state index is 11.8. The van der Waals surface area contributed by atoms with Crippen LogP contribution in [0.1, 0.15) is 44.1 Å². The molecule has 0 aliphatic heterocycles. The van der Waals surface area contributed by atoms with E-state index < -0.39 is 23.7 Å². The van der Waals surface area contributed by atoms with Crippen LogP contribution in [0.2, 0.25) is 0 Å². The van der Waals surface area contributed by atoms with E-state index in [9.17, 15) is 19.8 Å². The smallest absolute Gasteiger partial charge is 0.408 e. The highest BCUT2D eigenvalue weighted by molar-refractivity contribution is 5.80. The summed E-state index contributed by atoms with van der Waals surface area (Å²) in [6, 6.07) is 7.99. The molecule has 1 fully saturated rings. The molecule has 0 radical (unpaired) electrons. The standard InChI is InChI=1S/C17H23NO5/c19-15(20)14(11-17(22)9-5-2-6-10-17)18-16(21)23-12-13-7-3-1-4-8-13/h1,3-4,7-8,14,22H,2,5-6,9-12H2,(H,18,21)(H,19,20). The van der Waals surface area contributed by atoms with Gasteiger partial charge in [0.25, 0.3) is 0 Å². The van der Waals surface area contributed by atoms with Crippen LogP contribution in [0, 0.1) is 0 Å². The Kier molecular flexibility index (Phi) is 5.98. The zero-order valence-electron chi connectivity index (χ0n) is 13.0. The quantitative estimate of drug-likeness (QED) is 0.748. The Labute approximate surface area is 135 Å². The Hall–Kier alpha value is -2.08. The van der Waals surface area contributed by atoms with E-state index in [1.165, 1.54) is 0 Å². The predicted molar refractivity (Wildman–Crippen MR) is 83.8 cm³/mol. The highest BCUT2D eigenvalue weighted by atomic mass is 16.5. The molecule has 2 rings (SSSR count). The molecule has 1 unspecified atom stereocenters. The van der Waals surface area contributed by atoms with Crippen LogP contribution in [0.4, 0.5) is 4.79 Å². The first-order valence-corrected chi connectivity index (χ1v) is 7.91. The van der Waals surface area contributed by atoms with E-state index in [-0.39, 0.29) is 13.0 Å². The number of hydrogen-bond donors (Lipinski definition) is 3. The number of carbonyl (C=O) groups is 2. The summed E-state index contributed by atoms with van der Waals surface area (Å²) in [5.41, 5.74) is -0.200. The number of carbonyl (C=O) groups excluding carboxylic acids is 1. The largest absolute Gasteiger partial charge is 0.480 e. The van der Waals surface area contributed by atoms with Gasteiger partial charge in [0.05, 0.1) is 5.60 Å². The van der Waals surface area contributed by atoms with Crippen molar-refractivity contribution < 1.29 is 24.5 Å². The third-order valence-corrected chi connectivity index (χ3v) is 4.17. The molecule has 0 spiro atoms. The van der Waals surface area contributed by atoms with Crippen LogP contribution in [0.15, 0.2) is 30.3 Å². The number of aliphatic carboxylic acids is 1. The molecule has 1 aromatic carbocycles. The molecule has 6 heteroatoms. The minimum Gasteiger partial charge on any atom is -0.480 e. The van der Waals surface area contributed by atoms with Crippen molar-refractivity contribution in [2.75, 3.05) is 0 Å². The summed E-state index contributed by atoms with van der Waals surface area (Å²) < 4.78 is 5.04. The van der Waals surface area contributed by atoms with Gasteiger partial charge >= 0.3 is 12.1 Å². The summed E-state index contributed by atoms with van der Waals surface area (Å²) >= 11 is 0. The van der Waals surface area contributed by atoms with Gasteiger partial charge in [0.2, 0.25) is 0 Å². The molecule has 0 saturated heterocycles. The lowest BCUT2D eigenvalue weighted by Gasteiger charge is -2.34. The van der Waals surface area contributed by atoms with Gasteiger partial charge in [-0.25, -0.2) is 9.59 Å². The summed E-state index contributed by atoms with van der Waals surface area (Å²) in [6.45, 7) is 0.0727. The molecule has 0 bridgehead atoms. The number of carboxylic acid groups (broad SMARTS) is 1. The van der Waals surface area contributed by atoms with E-state index in [0.29, 0.717) is 12.8 Å². The van der Waals surface area contributed by atoms with Crippen molar-refractivity contribution >= 4 is 12.1 Å². The zero-order chi connectivity index (χ0) is 16.7. The third kappa shape index (κ3) is 5.56. The SMILES string of the molecule is O=C(NC(CC1(O)CCCCC1)C(=O)O)OCc1ccccc1. The van der Waals surface area contributed by atoms with Gasteiger partial charge in [-0.05, 0) is 18.4 Å². The first-order chi connectivity index (χ1) is 11.0. The molecular weight excluding hydrogens is 298 g/mol. The second-order valence-electron chi connectivity index (χ2n) is 6.09. The van der Waals surface area contributed by atoms with Crippen molar-refractivity contribution in [2.24, 2.45) is 0 Å². The monoisotopic (exact) mass is 321 g/mol. The average molecular weight is 321 g/mol. The van der Waals surface area contributed by atoms with Crippen molar-refractivity contribution in [2.45, 2.75) is 56.8 Å². The van der Waals surface area contributed by atoms with Crippen molar-refractivity contribution in [3.05, 3.63) is 35.9 Å². The number of carboxylic acids is 1. The molecule has 23 heavy (non-hydrogen) atoms. The van der Waals surface area contributed by atoms with Gasteiger partial charge in [-0.3, -0.25) is 0 Å². The number of nitrogens with one attached hydrogen (secondary N) is 1. The summed E-state index contributed by atoms with van der Waals surface area (Å²) in [4.78, 5) is 23.1. The Morgan fingerprint density at radius 1 is 1.17 bits per heavy atom. The van der Waals surface area contributed by atoms with Gasteiger partial charge in [-0.1, -0.05) is 49.6 Å². The fraction of sp³-hybridized carbons (Fsp3) is 0.529. The number of benzene rings is 1. The van der Waals surface area contributed by atoms with Crippen LogP contribution in [0.5, 0.6) is 0 Å². The lowest BCUT2D eigenvalue weighted by Crippen LogP contribution is -2.47. The van der Waals surface area contributed by atoms with Crippen molar-refractivity contribution in [3.63, 3.8) is 0 Å². The molecule has 1 aromatic rings. The zero-order valence-corrected chi connectivity index (χ0v) is 13.0. The normalized spacial score (nSPS) is 18.0. The predicted octanol–water partition coefficient (Wildman–Crippen LogP) is 2.45. The number of alkyl carbamates (subject to hydrolysis) is 1. The third-order valence-electron chi connectivity index (χ3n) is 4.17. The van der Waals surface area contributed by atoms with Crippen LogP contribution in [0.25, 0.3) is 0 Å². The Morgan fingerprint density at radius 2 is 1.83 bits per heavy atom. The Bertz CT molecular complexity index is 525. The van der Waals surface area contributed by atoms with Gasteiger partial charge < -0.3 is 20.3 Å². The van der Waals surface area contributed by atoms with Gasteiger partial charge in [0, 0.05) is 6.42 Å². The molecule has 126 valence electrons. The van der Waals surface area contributed by atoms with Gasteiger partial charge in [0.1, 0.15) is 12.6 Å². The fourth-order valence-corrected chi connectivity index (χ4v) is 2.90. The lowest BCUT2D eigenvalue weighted by atomic mass is 9.80. The van der Waals surface area contributed by atoms with E-state index in [2.05, 4.69) is 5.32 Å². The lowest BCUT2D eigenvalue weighted by molar-refractivity contribution is -0.141. The van der Waals surface area contributed by atoms with Crippen LogP contribution in [-0.2, 0) is 16.1 Å². The van der Waals surface area contributed by atoms with E-state index in [1.54, 1.807) is 0 Å². The topological polar surface area (TPSA) is 95.9 Å². The molecule has 0 heterocycles. The molecule has 1 saturated carbocycles. The van der Waals surface area contributed by atoms with Gasteiger partial charge in [0.15, 0.2) is 0 Å². The fourth-order valence-electron chi connectivity index (χ4n) is 2.90. The van der Waals surface area contributed by atoms with Gasteiger partial charge in [-0.2, -0.15) is 0 Å². The van der Waals surface area contributed by atoms with E-state index >= 15 is 0 Å². The summed E-state index contributed by atoms with van der Waals surface area (Å²) in [5.74, 6) is -1.17. The molecule has 0 aromatic heterocycles. The van der Waals surface area contributed by atoms with E-state index in [0.717, 1.165) is 24.8 Å². The highest BCUT2D eigenvalue weighted by Gasteiger charge is 2.35. The molecule has 1 aliphatic rings. The van der Waals surface area contributed by atoms with Crippen LogP contribution >= 0.6 is 0 Å². The molecule has 3 N–H and O–H groups in total. The summed E-state index contributed by atoms with van der Waals surface area (Å²) in [5, 5.41) is 22.1. The van der Waals surface area contributed by atoms with Crippen LogP contribution in [-0.4, -0.2) is 33.9 Å². The summed E-state index contributed by atoms with van der Waals surface area (Å²) in [6.07, 6.45) is 3.15. The second-order valence-corrected chi connectivity index (χ2v) is 6.09. The number of amides is 1. The van der Waals surface area contributed by atoms with Crippen molar-refractivity contribution in [1.29, 1.82) is 0 Å². The molecule has 6 nitrogen and oxygen atoms in total. The molecule has 1 aliphatic carbocycles. The highest BCUT2D eigenvalue weighted by Crippen LogP contribution is 2.31. The number of hydrogen-bond acceptors (Lipinski definition) is 4. The Morgan fingerprint density at radius 3 is 2.43 bits per heavy atom. The first-order valence-electron chi connectivity index (χ1n) is 7.91. The maximum Gasteiger partial charge on any atom is 0.408 e. The summed E-state index contributed by atoms with van der Waals surface area (Å²) in [7, 11) is 0. The molecule has 1 amide bonds. The van der Waals surface area contributed by atoms with Crippen molar-refractivity contribution in [1.82, 2.24) is 5.32 Å². The van der Waals surface area contributed by atoms with Crippen LogP contribution in [0.3, 0.4) is 0 Å². The number of aliphatic hydroxyl groups is 1. The average Bonchev–Trinajstić information content (AvgIpc) is 2.54. The second kappa shape index (κ2) is 7.97. The first kappa shape index (κ1) is 17.3. The van der Waals surface area contributed by atoms with Crippen LogP contribution < -0.4 is 5.32 Å². The number of rotatable bonds is 6. The van der Waals surface area contributed by atoms with Gasteiger partial charge in [-0.15, -0.1) is 0 Å². The molecular formula is C17H23NO5. The minimum absolute atomic E-state index is 0.00275. The van der Waals surface area contributed by atoms with Crippen molar-refractivity contribution in [3.8, 4) is 0 Å². The number of ether oxygens (including phenoxy) is 1. The van der Waals surface area contributed by atoms with E-state index in [4.69, 9.17) is 4.74 Å². The molecule has 1 atom stereocenters.